The number of halogens is 1. The van der Waals surface area contributed by atoms with E-state index in [0.29, 0.717) is 21.3 Å². The molecule has 1 heterocycles. The number of nitrogens with zero attached hydrogens (tertiary/aromatic N) is 1. The number of carboxylic acids is 1. The van der Waals surface area contributed by atoms with Crippen molar-refractivity contribution in [1.82, 2.24) is 4.98 Å². The van der Waals surface area contributed by atoms with Crippen molar-refractivity contribution in [2.24, 2.45) is 5.73 Å². The third-order valence-electron chi connectivity index (χ3n) is 3.64. The van der Waals surface area contributed by atoms with Gasteiger partial charge in [-0.3, -0.25) is 9.59 Å². The fraction of sp³-hybridized carbons (Fsp3) is 0.312. The molecule has 146 valence electrons. The quantitative estimate of drug-likeness (QED) is 0.610. The third-order valence-corrected chi connectivity index (χ3v) is 6.34. The second kappa shape index (κ2) is 8.34. The lowest BCUT2D eigenvalue weighted by molar-refractivity contribution is -0.138. The molecule has 2 rings (SSSR count). The number of hydrogen-bond donors (Lipinski definition) is 3. The Kier molecular flexibility index (Phi) is 6.58. The van der Waals surface area contributed by atoms with Crippen LogP contribution in [0.5, 0.6) is 0 Å². The molecule has 27 heavy (non-hydrogen) atoms. The number of nitrogens with two attached hydrogens (primary N) is 1. The van der Waals surface area contributed by atoms with E-state index in [-0.39, 0.29) is 22.8 Å². The summed E-state index contributed by atoms with van der Waals surface area (Å²) in [4.78, 5) is 27.6. The van der Waals surface area contributed by atoms with Gasteiger partial charge < -0.3 is 16.2 Å². The standard InChI is InChI=1S/C16H18ClN3O5S2/c1-8-14(9-3-4-10(17)12(7-9)27(2,24)25)26-16(19-8)20-13(21)6-5-11(18)15(22)23/h3-4,7,11H,5-6,18H2,1-2H3,(H,22,23)(H,19,20,21). The van der Waals surface area contributed by atoms with Crippen LogP contribution < -0.4 is 11.1 Å². The summed E-state index contributed by atoms with van der Waals surface area (Å²) in [6, 6.07) is 3.54. The number of carboxylic acid groups (broad SMARTS) is 1. The fourth-order valence-electron chi connectivity index (χ4n) is 2.24. The Labute approximate surface area is 165 Å². The number of carbonyl (C=O) groups is 2. The molecule has 4 N–H and O–H groups in total. The fourth-order valence-corrected chi connectivity index (χ4v) is 4.52. The first-order chi connectivity index (χ1) is 12.5. The molecule has 0 aliphatic heterocycles. The molecule has 0 aliphatic rings. The van der Waals surface area contributed by atoms with Gasteiger partial charge in [0.25, 0.3) is 0 Å². The summed E-state index contributed by atoms with van der Waals surface area (Å²) in [5, 5.41) is 11.8. The Morgan fingerprint density at radius 2 is 2.07 bits per heavy atom. The van der Waals surface area contributed by atoms with E-state index in [4.69, 9.17) is 22.4 Å². The lowest BCUT2D eigenvalue weighted by atomic mass is 10.1. The molecule has 0 saturated heterocycles. The van der Waals surface area contributed by atoms with Crippen LogP contribution in [0, 0.1) is 6.92 Å². The highest BCUT2D eigenvalue weighted by molar-refractivity contribution is 7.90. The first-order valence-corrected chi connectivity index (χ1v) is 10.8. The second-order valence-electron chi connectivity index (χ2n) is 5.88. The smallest absolute Gasteiger partial charge is 0.320 e. The van der Waals surface area contributed by atoms with Crippen LogP contribution in [0.15, 0.2) is 23.1 Å². The van der Waals surface area contributed by atoms with Gasteiger partial charge in [0, 0.05) is 12.7 Å². The summed E-state index contributed by atoms with van der Waals surface area (Å²) >= 11 is 7.14. The number of sulfone groups is 1. The largest absolute Gasteiger partial charge is 0.480 e. The molecule has 0 radical (unpaired) electrons. The Balaban J connectivity index is 2.20. The van der Waals surface area contributed by atoms with Crippen LogP contribution in [0.25, 0.3) is 10.4 Å². The number of amides is 1. The number of benzene rings is 1. The Hall–Kier alpha value is -2.01. The maximum Gasteiger partial charge on any atom is 0.320 e. The van der Waals surface area contributed by atoms with Crippen LogP contribution in [0.4, 0.5) is 5.13 Å². The molecule has 8 nitrogen and oxygen atoms in total. The van der Waals surface area contributed by atoms with Crippen molar-refractivity contribution < 1.29 is 23.1 Å². The van der Waals surface area contributed by atoms with E-state index >= 15 is 0 Å². The second-order valence-corrected chi connectivity index (χ2v) is 9.27. The van der Waals surface area contributed by atoms with E-state index in [1.165, 1.54) is 23.5 Å². The van der Waals surface area contributed by atoms with E-state index in [1.807, 2.05) is 0 Å². The van der Waals surface area contributed by atoms with Crippen molar-refractivity contribution in [1.29, 1.82) is 0 Å². The van der Waals surface area contributed by atoms with Gasteiger partial charge in [-0.15, -0.1) is 0 Å². The molecule has 2 aromatic rings. The topological polar surface area (TPSA) is 139 Å². The zero-order valence-electron chi connectivity index (χ0n) is 14.5. The van der Waals surface area contributed by atoms with Gasteiger partial charge in [0.1, 0.15) is 6.04 Å². The van der Waals surface area contributed by atoms with Gasteiger partial charge in [-0.1, -0.05) is 29.0 Å². The first-order valence-electron chi connectivity index (χ1n) is 7.74. The number of hydrogen-bond acceptors (Lipinski definition) is 7. The average Bonchev–Trinajstić information content (AvgIpc) is 2.92. The highest BCUT2D eigenvalue weighted by Crippen LogP contribution is 2.35. The van der Waals surface area contributed by atoms with Crippen molar-refractivity contribution in [3.05, 3.63) is 28.9 Å². The maximum absolute atomic E-state index is 11.9. The molecule has 0 fully saturated rings. The Morgan fingerprint density at radius 3 is 2.67 bits per heavy atom. The molecule has 0 spiro atoms. The van der Waals surface area contributed by atoms with Crippen molar-refractivity contribution in [3.63, 3.8) is 0 Å². The zero-order chi connectivity index (χ0) is 20.4. The van der Waals surface area contributed by atoms with E-state index in [9.17, 15) is 18.0 Å². The van der Waals surface area contributed by atoms with E-state index in [2.05, 4.69) is 10.3 Å². The Morgan fingerprint density at radius 1 is 1.41 bits per heavy atom. The number of aromatic nitrogens is 1. The Bertz CT molecular complexity index is 988. The van der Waals surface area contributed by atoms with Crippen molar-refractivity contribution in [3.8, 4) is 10.4 Å². The number of carbonyl (C=O) groups excluding carboxylic acids is 1. The van der Waals surface area contributed by atoms with Gasteiger partial charge in [0.15, 0.2) is 15.0 Å². The van der Waals surface area contributed by atoms with Crippen molar-refractivity contribution in [2.45, 2.75) is 30.7 Å². The summed E-state index contributed by atoms with van der Waals surface area (Å²) < 4.78 is 23.7. The van der Waals surface area contributed by atoms with Gasteiger partial charge in [-0.25, -0.2) is 13.4 Å². The van der Waals surface area contributed by atoms with Gasteiger partial charge in [0.05, 0.1) is 20.5 Å². The van der Waals surface area contributed by atoms with E-state index in [1.54, 1.807) is 13.0 Å². The monoisotopic (exact) mass is 431 g/mol. The minimum atomic E-state index is -3.49. The van der Waals surface area contributed by atoms with Crippen LogP contribution in [-0.4, -0.2) is 42.7 Å². The number of aliphatic carboxylic acids is 1. The normalized spacial score (nSPS) is 12.6. The number of rotatable bonds is 7. The molecule has 0 bridgehead atoms. The molecule has 1 unspecified atom stereocenters. The SMILES string of the molecule is Cc1nc(NC(=O)CCC(N)C(=O)O)sc1-c1ccc(Cl)c(S(C)(=O)=O)c1. The summed E-state index contributed by atoms with van der Waals surface area (Å²) in [5.41, 5.74) is 6.60. The highest BCUT2D eigenvalue weighted by atomic mass is 35.5. The lowest BCUT2D eigenvalue weighted by Gasteiger charge is -2.05. The molecule has 11 heteroatoms. The summed E-state index contributed by atoms with van der Waals surface area (Å²) in [7, 11) is -3.49. The highest BCUT2D eigenvalue weighted by Gasteiger charge is 2.18. The van der Waals surface area contributed by atoms with Gasteiger partial charge in [-0.05, 0) is 31.0 Å². The molecule has 0 aliphatic carbocycles. The molecular weight excluding hydrogens is 414 g/mol. The maximum atomic E-state index is 11.9. The minimum absolute atomic E-state index is 0.00723. The molecular formula is C16H18ClN3O5S2. The minimum Gasteiger partial charge on any atom is -0.480 e. The number of aryl methyl sites for hydroxylation is 1. The predicted molar refractivity (Wildman–Crippen MR) is 104 cm³/mol. The van der Waals surface area contributed by atoms with Crippen molar-refractivity contribution in [2.75, 3.05) is 11.6 Å². The molecule has 1 atom stereocenters. The van der Waals surface area contributed by atoms with Gasteiger partial charge >= 0.3 is 5.97 Å². The predicted octanol–water partition coefficient (Wildman–Crippen LogP) is 2.31. The summed E-state index contributed by atoms with van der Waals surface area (Å²) in [5.74, 6) is -1.57. The van der Waals surface area contributed by atoms with Crippen LogP contribution in [-0.2, 0) is 19.4 Å². The van der Waals surface area contributed by atoms with Crippen LogP contribution >= 0.6 is 22.9 Å². The van der Waals surface area contributed by atoms with Gasteiger partial charge in [0.2, 0.25) is 5.91 Å². The third kappa shape index (κ3) is 5.48. The summed E-state index contributed by atoms with van der Waals surface area (Å²) in [6.45, 7) is 1.73. The first kappa shape index (κ1) is 21.3. The number of anilines is 1. The molecule has 1 aromatic heterocycles. The molecule has 1 aromatic carbocycles. The van der Waals surface area contributed by atoms with Crippen molar-refractivity contribution >= 4 is 49.8 Å². The lowest BCUT2D eigenvalue weighted by Crippen LogP contribution is -2.31. The van der Waals surface area contributed by atoms with Crippen LogP contribution in [0.1, 0.15) is 18.5 Å². The molecule has 1 amide bonds. The average molecular weight is 432 g/mol. The zero-order valence-corrected chi connectivity index (χ0v) is 16.9. The van der Waals surface area contributed by atoms with Crippen LogP contribution in [0.3, 0.4) is 0 Å². The number of thiazole rings is 1. The summed E-state index contributed by atoms with van der Waals surface area (Å²) in [6.07, 6.45) is 1.03. The van der Waals surface area contributed by atoms with Gasteiger partial charge in [-0.2, -0.15) is 0 Å². The van der Waals surface area contributed by atoms with Crippen LogP contribution in [0.2, 0.25) is 5.02 Å². The number of nitrogens with one attached hydrogen (secondary N) is 1. The molecule has 0 saturated carbocycles. The van der Waals surface area contributed by atoms with E-state index in [0.717, 1.165) is 6.26 Å². The van der Waals surface area contributed by atoms with E-state index < -0.39 is 27.8 Å².